The largest absolute Gasteiger partial charge is 0.478 e. The molecule has 1 aliphatic rings. The summed E-state index contributed by atoms with van der Waals surface area (Å²) in [6, 6.07) is 12.0. The van der Waals surface area contributed by atoms with Crippen LogP contribution in [0.4, 0.5) is 17.6 Å². The number of alkyl halides is 4. The number of aryl methyl sites for hydroxylation is 1. The number of carboxylic acids is 1. The third-order valence-corrected chi connectivity index (χ3v) is 7.10. The molecule has 1 N–H and O–H groups in total. The van der Waals surface area contributed by atoms with Gasteiger partial charge in [-0.15, -0.1) is 0 Å². The van der Waals surface area contributed by atoms with Crippen LogP contribution in [-0.4, -0.2) is 62.0 Å². The number of carbonyl (C=O) groups is 1. The number of hydrogen-bond donors (Lipinski definition) is 1. The number of aromatic nitrogens is 4. The molecule has 0 spiro atoms. The fraction of sp³-hybridized carbons (Fsp3) is 0.286. The van der Waals surface area contributed by atoms with Gasteiger partial charge in [0, 0.05) is 42.9 Å². The van der Waals surface area contributed by atoms with Gasteiger partial charge in [-0.3, -0.25) is 9.37 Å². The molecule has 1 aliphatic heterocycles. The Morgan fingerprint density at radius 1 is 1.15 bits per heavy atom. The highest BCUT2D eigenvalue weighted by Gasteiger charge is 2.41. The van der Waals surface area contributed by atoms with E-state index >= 15 is 0 Å². The first-order chi connectivity index (χ1) is 19.1. The predicted molar refractivity (Wildman–Crippen MR) is 142 cm³/mol. The van der Waals surface area contributed by atoms with Crippen molar-refractivity contribution in [1.29, 1.82) is 0 Å². The van der Waals surface area contributed by atoms with Crippen LogP contribution in [0.3, 0.4) is 0 Å². The van der Waals surface area contributed by atoms with E-state index in [0.29, 0.717) is 39.5 Å². The lowest BCUT2D eigenvalue weighted by atomic mass is 9.87. The fourth-order valence-corrected chi connectivity index (χ4v) is 5.18. The number of likely N-dealkylation sites (tertiary alicyclic amines) is 1. The molecule has 0 bridgehead atoms. The maximum atomic E-state index is 13.8. The maximum absolute atomic E-state index is 13.8. The van der Waals surface area contributed by atoms with Gasteiger partial charge in [0.05, 0.1) is 29.3 Å². The van der Waals surface area contributed by atoms with Crippen molar-refractivity contribution >= 4 is 17.6 Å². The lowest BCUT2D eigenvalue weighted by Gasteiger charge is -2.40. The zero-order valence-corrected chi connectivity index (χ0v) is 22.0. The van der Waals surface area contributed by atoms with Crippen molar-refractivity contribution in [2.75, 3.05) is 26.3 Å². The molecule has 3 aromatic heterocycles. The molecule has 7 nitrogen and oxygen atoms in total. The Morgan fingerprint density at radius 3 is 2.60 bits per heavy atom. The van der Waals surface area contributed by atoms with Crippen molar-refractivity contribution in [3.8, 4) is 28.3 Å². The molecule has 0 unspecified atom stereocenters. The molecule has 0 atom stereocenters. The van der Waals surface area contributed by atoms with E-state index in [2.05, 4.69) is 20.0 Å². The van der Waals surface area contributed by atoms with Gasteiger partial charge >= 0.3 is 12.1 Å². The quantitative estimate of drug-likeness (QED) is 0.244. The second-order valence-electron chi connectivity index (χ2n) is 9.62. The van der Waals surface area contributed by atoms with Crippen molar-refractivity contribution in [2.45, 2.75) is 25.4 Å². The molecule has 12 heteroatoms. The summed E-state index contributed by atoms with van der Waals surface area (Å²) in [6.45, 7) is 4.18. The van der Waals surface area contributed by atoms with Crippen molar-refractivity contribution in [2.24, 2.45) is 0 Å². The van der Waals surface area contributed by atoms with E-state index in [9.17, 15) is 27.5 Å². The minimum Gasteiger partial charge on any atom is -0.478 e. The van der Waals surface area contributed by atoms with Crippen LogP contribution in [0.1, 0.15) is 39.5 Å². The first-order valence-electron chi connectivity index (χ1n) is 12.5. The predicted octanol–water partition coefficient (Wildman–Crippen LogP) is 6.43. The molecule has 1 fully saturated rings. The highest BCUT2D eigenvalue weighted by Crippen LogP contribution is 2.37. The molecule has 1 saturated heterocycles. The molecule has 1 aromatic carbocycles. The highest BCUT2D eigenvalue weighted by molar-refractivity contribution is 6.30. The van der Waals surface area contributed by atoms with Gasteiger partial charge in [0.2, 0.25) is 0 Å². The van der Waals surface area contributed by atoms with Crippen LogP contribution in [0.15, 0.2) is 54.9 Å². The average Bonchev–Trinajstić information content (AvgIpc) is 3.35. The highest BCUT2D eigenvalue weighted by atomic mass is 35.5. The topological polar surface area (TPSA) is 84.1 Å². The number of carboxylic acid groups (broad SMARTS) is 1. The summed E-state index contributed by atoms with van der Waals surface area (Å²) in [5, 5.41) is 13.2. The first-order valence-corrected chi connectivity index (χ1v) is 12.9. The lowest BCUT2D eigenvalue weighted by Crippen LogP contribution is -2.45. The monoisotopic (exact) mass is 573 g/mol. The number of rotatable bonds is 8. The summed E-state index contributed by atoms with van der Waals surface area (Å²) < 4.78 is 54.3. The van der Waals surface area contributed by atoms with Crippen LogP contribution in [0.2, 0.25) is 5.02 Å². The van der Waals surface area contributed by atoms with Gasteiger partial charge in [-0.05, 0) is 48.7 Å². The van der Waals surface area contributed by atoms with E-state index < -0.39 is 23.4 Å². The van der Waals surface area contributed by atoms with E-state index in [4.69, 9.17) is 11.6 Å². The number of pyridine rings is 2. The molecule has 0 saturated carbocycles. The van der Waals surface area contributed by atoms with E-state index in [0.717, 1.165) is 30.8 Å². The number of halogens is 5. The smallest absolute Gasteiger partial charge is 0.434 e. The van der Waals surface area contributed by atoms with Gasteiger partial charge < -0.3 is 10.0 Å². The van der Waals surface area contributed by atoms with Gasteiger partial charge in [0.1, 0.15) is 5.56 Å². The fourth-order valence-electron chi connectivity index (χ4n) is 5.02. The Morgan fingerprint density at radius 2 is 1.93 bits per heavy atom. The summed E-state index contributed by atoms with van der Waals surface area (Å²) >= 11 is 6.26. The Balaban J connectivity index is 1.51. The zero-order chi connectivity index (χ0) is 28.6. The Hall–Kier alpha value is -3.83. The van der Waals surface area contributed by atoms with E-state index in [1.54, 1.807) is 12.1 Å². The van der Waals surface area contributed by atoms with Crippen molar-refractivity contribution in [1.82, 2.24) is 24.6 Å². The molecule has 208 valence electrons. The van der Waals surface area contributed by atoms with Crippen LogP contribution in [0.25, 0.3) is 28.3 Å². The van der Waals surface area contributed by atoms with E-state index in [1.807, 2.05) is 25.1 Å². The van der Waals surface area contributed by atoms with Crippen LogP contribution in [-0.2, 0) is 6.18 Å². The Kier molecular flexibility index (Phi) is 7.61. The molecule has 40 heavy (non-hydrogen) atoms. The average molecular weight is 574 g/mol. The number of benzene rings is 1. The summed E-state index contributed by atoms with van der Waals surface area (Å²) in [4.78, 5) is 22.5. The van der Waals surface area contributed by atoms with Crippen LogP contribution < -0.4 is 0 Å². The van der Waals surface area contributed by atoms with Crippen LogP contribution in [0.5, 0.6) is 0 Å². The normalized spacial score (nSPS) is 14.3. The summed E-state index contributed by atoms with van der Waals surface area (Å²) in [7, 11) is 0. The number of aromatic carboxylic acids is 1. The van der Waals surface area contributed by atoms with E-state index in [1.165, 1.54) is 23.9 Å². The Bertz CT molecular complexity index is 1570. The standard InChI is InChI=1S/C28H24ClF4N5O2/c1-16-10-17(6-7-20(16)18-14-37(15-18)9-3-8-30)25-21(11-19(29)12-34-25)23-4-2-5-24(36-23)38-26(28(31,32)33)22(13-35-38)27(39)40/h2,4-7,10-13,18H,3,8-9,14-15H2,1H3,(H,39,40). The SMILES string of the molecule is Cc1cc(-c2ncc(Cl)cc2-c2cccc(-n3ncc(C(=O)O)c3C(F)(F)F)n2)ccc1C1CN(CCCF)C1. The number of hydrogen-bond acceptors (Lipinski definition) is 5. The van der Waals surface area contributed by atoms with Gasteiger partial charge in [0.15, 0.2) is 11.5 Å². The molecule has 4 heterocycles. The van der Waals surface area contributed by atoms with Gasteiger partial charge in [-0.2, -0.15) is 18.3 Å². The minimum atomic E-state index is -4.98. The third-order valence-electron chi connectivity index (χ3n) is 6.90. The molecule has 4 aromatic rings. The first kappa shape index (κ1) is 27.7. The van der Waals surface area contributed by atoms with Crippen molar-refractivity contribution in [3.63, 3.8) is 0 Å². The maximum Gasteiger partial charge on any atom is 0.434 e. The van der Waals surface area contributed by atoms with Gasteiger partial charge in [-0.1, -0.05) is 29.8 Å². The van der Waals surface area contributed by atoms with E-state index in [-0.39, 0.29) is 18.2 Å². The Labute approximate surface area is 232 Å². The second kappa shape index (κ2) is 11.0. The molecule has 0 radical (unpaired) electrons. The number of nitrogens with zero attached hydrogens (tertiary/aromatic N) is 5. The van der Waals surface area contributed by atoms with Gasteiger partial charge in [-0.25, -0.2) is 14.5 Å². The molecule has 0 aliphatic carbocycles. The van der Waals surface area contributed by atoms with Crippen LogP contribution in [0, 0.1) is 6.92 Å². The third kappa shape index (κ3) is 5.44. The summed E-state index contributed by atoms with van der Waals surface area (Å²) in [6.07, 6.45) is -2.31. The molecular weight excluding hydrogens is 550 g/mol. The molecule has 5 rings (SSSR count). The van der Waals surface area contributed by atoms with Crippen LogP contribution >= 0.6 is 11.6 Å². The molecular formula is C28H24ClF4N5O2. The lowest BCUT2D eigenvalue weighted by molar-refractivity contribution is -0.143. The van der Waals surface area contributed by atoms with Crippen molar-refractivity contribution < 1.29 is 27.5 Å². The second-order valence-corrected chi connectivity index (χ2v) is 10.1. The minimum absolute atomic E-state index is 0.211. The van der Waals surface area contributed by atoms with Gasteiger partial charge in [0.25, 0.3) is 0 Å². The summed E-state index contributed by atoms with van der Waals surface area (Å²) in [5.41, 5.74) is 1.93. The summed E-state index contributed by atoms with van der Waals surface area (Å²) in [5.74, 6) is -1.60. The van der Waals surface area contributed by atoms with Crippen molar-refractivity contribution in [3.05, 3.63) is 82.3 Å². The zero-order valence-electron chi connectivity index (χ0n) is 21.3. The molecule has 0 amide bonds.